The molecule has 1 aliphatic rings. The van der Waals surface area contributed by atoms with Crippen LogP contribution in [0, 0.1) is 0 Å². The Kier molecular flexibility index (Phi) is 6.27. The summed E-state index contributed by atoms with van der Waals surface area (Å²) in [6, 6.07) is 2.59. The van der Waals surface area contributed by atoms with Crippen molar-refractivity contribution in [3.05, 3.63) is 47.0 Å². The van der Waals surface area contributed by atoms with E-state index in [4.69, 9.17) is 11.6 Å². The quantitative estimate of drug-likeness (QED) is 0.726. The van der Waals surface area contributed by atoms with Crippen molar-refractivity contribution in [1.29, 1.82) is 0 Å². The number of halogens is 6. The lowest BCUT2D eigenvalue weighted by Gasteiger charge is -2.34. The lowest BCUT2D eigenvalue weighted by atomic mass is 10.2. The Labute approximate surface area is 167 Å². The zero-order valence-corrected chi connectivity index (χ0v) is 15.7. The number of imidazole rings is 1. The minimum absolute atomic E-state index is 0.0203. The molecule has 1 N–H and O–H groups in total. The number of nitrogens with zero attached hydrogens (tertiary/aromatic N) is 4. The topological polar surface area (TPSA) is 53.4 Å². The molecule has 2 amide bonds. The number of amides is 2. The van der Waals surface area contributed by atoms with Gasteiger partial charge >= 0.3 is 18.8 Å². The minimum Gasteiger partial charge on any atom is -0.322 e. The van der Waals surface area contributed by atoms with Crippen LogP contribution in [0.3, 0.4) is 0 Å². The summed E-state index contributed by atoms with van der Waals surface area (Å²) in [7, 11) is 0. The van der Waals surface area contributed by atoms with Crippen LogP contribution in [0.2, 0.25) is 5.02 Å². The Morgan fingerprint density at radius 1 is 1.21 bits per heavy atom. The number of carbonyl (C=O) groups excluding carboxylic acids is 1. The van der Waals surface area contributed by atoms with Gasteiger partial charge in [-0.1, -0.05) is 11.6 Å². The molecule has 1 fully saturated rings. The van der Waals surface area contributed by atoms with Crippen LogP contribution in [0.1, 0.15) is 17.9 Å². The molecule has 1 aromatic heterocycles. The standard InChI is InChI=1S/C17H17ClF5N5O/c18-13-2-1-11(9-12(13)17(21,22)23)25-16(29)27-7-5-26(6-8-27)10-14-24-3-4-28(14)15(19)20/h1-4,9,15H,5-8,10H2,(H,25,29). The van der Waals surface area contributed by atoms with E-state index in [1.807, 2.05) is 4.90 Å². The van der Waals surface area contributed by atoms with E-state index >= 15 is 0 Å². The summed E-state index contributed by atoms with van der Waals surface area (Å²) in [5.74, 6) is 0.221. The van der Waals surface area contributed by atoms with E-state index in [0.29, 0.717) is 26.2 Å². The van der Waals surface area contributed by atoms with E-state index in [2.05, 4.69) is 10.3 Å². The van der Waals surface area contributed by atoms with E-state index in [0.717, 1.165) is 16.7 Å². The molecule has 158 valence electrons. The molecule has 6 nitrogen and oxygen atoms in total. The molecule has 12 heteroatoms. The number of piperazine rings is 1. The zero-order valence-electron chi connectivity index (χ0n) is 15.0. The van der Waals surface area contributed by atoms with Crippen molar-refractivity contribution in [3.8, 4) is 0 Å². The summed E-state index contributed by atoms with van der Waals surface area (Å²) >= 11 is 5.57. The molecule has 1 aromatic carbocycles. The van der Waals surface area contributed by atoms with E-state index in [1.165, 1.54) is 23.4 Å². The maximum absolute atomic E-state index is 12.9. The van der Waals surface area contributed by atoms with E-state index < -0.39 is 29.3 Å². The van der Waals surface area contributed by atoms with Gasteiger partial charge in [-0.05, 0) is 18.2 Å². The van der Waals surface area contributed by atoms with E-state index in [9.17, 15) is 26.7 Å². The smallest absolute Gasteiger partial charge is 0.322 e. The number of aromatic nitrogens is 2. The van der Waals surface area contributed by atoms with Crippen molar-refractivity contribution in [2.24, 2.45) is 0 Å². The second-order valence-corrected chi connectivity index (χ2v) is 6.82. The predicted octanol–water partition coefficient (Wildman–Crippen LogP) is 4.30. The Balaban J connectivity index is 1.56. The SMILES string of the molecule is O=C(Nc1ccc(Cl)c(C(F)(F)F)c1)N1CCN(Cc2nccn2C(F)F)CC1. The third kappa shape index (κ3) is 5.15. The number of hydrogen-bond acceptors (Lipinski definition) is 3. The van der Waals surface area contributed by atoms with Crippen LogP contribution in [0.15, 0.2) is 30.6 Å². The average Bonchev–Trinajstić information content (AvgIpc) is 3.11. The Bertz CT molecular complexity index is 864. The molecule has 2 heterocycles. The maximum Gasteiger partial charge on any atom is 0.417 e. The highest BCUT2D eigenvalue weighted by atomic mass is 35.5. The van der Waals surface area contributed by atoms with Crippen LogP contribution < -0.4 is 5.32 Å². The third-order valence-corrected chi connectivity index (χ3v) is 4.84. The Morgan fingerprint density at radius 2 is 1.90 bits per heavy atom. The maximum atomic E-state index is 12.9. The molecular weight excluding hydrogens is 421 g/mol. The normalized spacial score (nSPS) is 15.8. The molecule has 1 aliphatic heterocycles. The second-order valence-electron chi connectivity index (χ2n) is 6.41. The number of urea groups is 1. The first kappa shape index (κ1) is 21.3. The molecule has 0 radical (unpaired) electrons. The summed E-state index contributed by atoms with van der Waals surface area (Å²) in [5, 5.41) is 1.98. The molecule has 0 atom stereocenters. The first-order valence-corrected chi connectivity index (χ1v) is 8.98. The summed E-state index contributed by atoms with van der Waals surface area (Å²) in [4.78, 5) is 19.6. The predicted molar refractivity (Wildman–Crippen MR) is 95.8 cm³/mol. The van der Waals surface area contributed by atoms with Gasteiger partial charge < -0.3 is 10.2 Å². The van der Waals surface area contributed by atoms with Crippen LogP contribution in [-0.4, -0.2) is 51.6 Å². The fourth-order valence-electron chi connectivity index (χ4n) is 2.98. The van der Waals surface area contributed by atoms with Gasteiger partial charge in [0.15, 0.2) is 0 Å². The molecule has 29 heavy (non-hydrogen) atoms. The monoisotopic (exact) mass is 437 g/mol. The number of rotatable bonds is 4. The zero-order chi connectivity index (χ0) is 21.2. The van der Waals surface area contributed by atoms with Crippen molar-refractivity contribution in [2.75, 3.05) is 31.5 Å². The molecule has 0 aliphatic carbocycles. The van der Waals surface area contributed by atoms with Gasteiger partial charge in [-0.3, -0.25) is 9.47 Å². The van der Waals surface area contributed by atoms with Gasteiger partial charge in [-0.2, -0.15) is 22.0 Å². The number of nitrogens with one attached hydrogen (secondary N) is 1. The van der Waals surface area contributed by atoms with Crippen molar-refractivity contribution < 1.29 is 26.7 Å². The van der Waals surface area contributed by atoms with E-state index in [-0.39, 0.29) is 18.1 Å². The van der Waals surface area contributed by atoms with E-state index in [1.54, 1.807) is 0 Å². The van der Waals surface area contributed by atoms with Crippen molar-refractivity contribution in [1.82, 2.24) is 19.4 Å². The first-order valence-electron chi connectivity index (χ1n) is 8.60. The largest absolute Gasteiger partial charge is 0.417 e. The van der Waals surface area contributed by atoms with Gasteiger partial charge in [-0.25, -0.2) is 9.78 Å². The second kappa shape index (κ2) is 8.54. The van der Waals surface area contributed by atoms with Crippen molar-refractivity contribution in [3.63, 3.8) is 0 Å². The summed E-state index contributed by atoms with van der Waals surface area (Å²) in [5.41, 5.74) is -1.05. The fraction of sp³-hybridized carbons (Fsp3) is 0.412. The van der Waals surface area contributed by atoms with Crippen LogP contribution in [-0.2, 0) is 12.7 Å². The number of benzene rings is 1. The molecule has 0 saturated carbocycles. The average molecular weight is 438 g/mol. The molecule has 0 spiro atoms. The summed E-state index contributed by atoms with van der Waals surface area (Å²) < 4.78 is 65.3. The Morgan fingerprint density at radius 3 is 2.52 bits per heavy atom. The lowest BCUT2D eigenvalue weighted by molar-refractivity contribution is -0.137. The van der Waals surface area contributed by atoms with Gasteiger partial charge in [0, 0.05) is 44.3 Å². The third-order valence-electron chi connectivity index (χ3n) is 4.51. The van der Waals surface area contributed by atoms with Gasteiger partial charge in [0.05, 0.1) is 17.1 Å². The molecule has 0 bridgehead atoms. The number of anilines is 1. The van der Waals surface area contributed by atoms with Crippen LogP contribution >= 0.6 is 11.6 Å². The molecule has 2 aromatic rings. The number of carbonyl (C=O) groups is 1. The van der Waals surface area contributed by atoms with Crippen LogP contribution in [0.25, 0.3) is 0 Å². The summed E-state index contributed by atoms with van der Waals surface area (Å²) in [6.45, 7) is -1.06. The highest BCUT2D eigenvalue weighted by Gasteiger charge is 2.33. The van der Waals surface area contributed by atoms with Crippen molar-refractivity contribution in [2.45, 2.75) is 19.3 Å². The van der Waals surface area contributed by atoms with Crippen LogP contribution in [0.5, 0.6) is 0 Å². The van der Waals surface area contributed by atoms with Gasteiger partial charge in [-0.15, -0.1) is 0 Å². The highest BCUT2D eigenvalue weighted by molar-refractivity contribution is 6.31. The molecular formula is C17H17ClF5N5O. The molecule has 1 saturated heterocycles. The number of alkyl halides is 5. The van der Waals surface area contributed by atoms with Gasteiger partial charge in [0.2, 0.25) is 0 Å². The highest BCUT2D eigenvalue weighted by Crippen LogP contribution is 2.36. The van der Waals surface area contributed by atoms with Gasteiger partial charge in [0.25, 0.3) is 0 Å². The summed E-state index contributed by atoms with van der Waals surface area (Å²) in [6.07, 6.45) is -2.13. The lowest BCUT2D eigenvalue weighted by Crippen LogP contribution is -2.49. The Hall–Kier alpha value is -2.40. The molecule has 0 unspecified atom stereocenters. The minimum atomic E-state index is -4.63. The molecule has 3 rings (SSSR count). The van der Waals surface area contributed by atoms with Crippen LogP contribution in [0.4, 0.5) is 32.4 Å². The van der Waals surface area contributed by atoms with Gasteiger partial charge in [0.1, 0.15) is 5.82 Å². The first-order chi connectivity index (χ1) is 13.6. The fourth-order valence-corrected chi connectivity index (χ4v) is 3.20. The number of hydrogen-bond donors (Lipinski definition) is 1. The van der Waals surface area contributed by atoms with Crippen molar-refractivity contribution >= 4 is 23.3 Å².